The number of hydrogen-bond acceptors (Lipinski definition) is 2. The first-order valence-electron chi connectivity index (χ1n) is 5.53. The van der Waals surface area contributed by atoms with Gasteiger partial charge in [-0.15, -0.1) is 0 Å². The molecule has 0 heterocycles. The molecule has 0 saturated carbocycles. The fourth-order valence-corrected chi connectivity index (χ4v) is 1.95. The van der Waals surface area contributed by atoms with Gasteiger partial charge in [-0.05, 0) is 42.8 Å². The third-order valence-corrected chi connectivity index (χ3v) is 3.12. The molecule has 0 spiro atoms. The molecule has 2 aromatic carbocycles. The van der Waals surface area contributed by atoms with Gasteiger partial charge >= 0.3 is 0 Å². The van der Waals surface area contributed by atoms with Crippen molar-refractivity contribution >= 4 is 34.8 Å². The fraction of sp³-hybridized carbons (Fsp3) is 0.0714. The zero-order valence-corrected chi connectivity index (χ0v) is 11.6. The minimum absolute atomic E-state index is 0.117. The van der Waals surface area contributed by atoms with Gasteiger partial charge in [0.15, 0.2) is 0 Å². The second-order valence-electron chi connectivity index (χ2n) is 4.07. The zero-order valence-electron chi connectivity index (χ0n) is 10.1. The molecule has 98 valence electrons. The van der Waals surface area contributed by atoms with Crippen LogP contribution in [0, 0.1) is 6.92 Å². The Morgan fingerprint density at radius 3 is 2.47 bits per heavy atom. The molecule has 0 aliphatic rings. The van der Waals surface area contributed by atoms with Gasteiger partial charge in [-0.1, -0.05) is 29.3 Å². The highest BCUT2D eigenvalue weighted by atomic mass is 35.5. The first kappa shape index (κ1) is 13.7. The maximum absolute atomic E-state index is 12.1. The summed E-state index contributed by atoms with van der Waals surface area (Å²) in [7, 11) is 0. The number of phenolic OH excluding ortho intramolecular Hbond substituents is 1. The van der Waals surface area contributed by atoms with Crippen molar-refractivity contribution in [2.45, 2.75) is 6.92 Å². The average Bonchev–Trinajstić information content (AvgIpc) is 2.36. The van der Waals surface area contributed by atoms with E-state index in [1.54, 1.807) is 18.2 Å². The highest BCUT2D eigenvalue weighted by Crippen LogP contribution is 2.25. The van der Waals surface area contributed by atoms with E-state index in [0.29, 0.717) is 15.7 Å². The van der Waals surface area contributed by atoms with E-state index in [1.165, 1.54) is 18.2 Å². The van der Waals surface area contributed by atoms with Gasteiger partial charge in [0.1, 0.15) is 5.75 Å². The minimum Gasteiger partial charge on any atom is -0.507 e. The van der Waals surface area contributed by atoms with Crippen LogP contribution in [0.2, 0.25) is 10.0 Å². The smallest absolute Gasteiger partial charge is 0.259 e. The van der Waals surface area contributed by atoms with Crippen LogP contribution in [0.5, 0.6) is 5.75 Å². The molecule has 0 saturated heterocycles. The van der Waals surface area contributed by atoms with Crippen LogP contribution in [-0.4, -0.2) is 11.0 Å². The first-order chi connectivity index (χ1) is 8.97. The standard InChI is InChI=1S/C14H11Cl2NO2/c1-8-2-3-10(16)7-12(8)17-14(19)11-6-9(15)4-5-13(11)18/h2-7,18H,1H3,(H,17,19). The van der Waals surface area contributed by atoms with Gasteiger partial charge in [-0.2, -0.15) is 0 Å². The SMILES string of the molecule is Cc1ccc(Cl)cc1NC(=O)c1cc(Cl)ccc1O. The molecule has 0 aromatic heterocycles. The topological polar surface area (TPSA) is 49.3 Å². The minimum atomic E-state index is -0.439. The number of benzene rings is 2. The summed E-state index contributed by atoms with van der Waals surface area (Å²) in [6.45, 7) is 1.85. The van der Waals surface area contributed by atoms with Gasteiger partial charge in [-0.3, -0.25) is 4.79 Å². The Kier molecular flexibility index (Phi) is 3.98. The van der Waals surface area contributed by atoms with Gasteiger partial charge in [0, 0.05) is 15.7 Å². The molecule has 0 radical (unpaired) electrons. The Morgan fingerprint density at radius 1 is 1.11 bits per heavy atom. The quantitative estimate of drug-likeness (QED) is 0.870. The average molecular weight is 296 g/mol. The van der Waals surface area contributed by atoms with Crippen LogP contribution in [0.4, 0.5) is 5.69 Å². The van der Waals surface area contributed by atoms with Gasteiger partial charge in [0.05, 0.1) is 5.56 Å². The molecule has 2 N–H and O–H groups in total. The van der Waals surface area contributed by atoms with Crippen molar-refractivity contribution in [1.82, 2.24) is 0 Å². The number of phenols is 1. The Morgan fingerprint density at radius 2 is 1.74 bits per heavy atom. The predicted molar refractivity (Wildman–Crippen MR) is 77.3 cm³/mol. The van der Waals surface area contributed by atoms with Crippen molar-refractivity contribution in [2.75, 3.05) is 5.32 Å². The van der Waals surface area contributed by atoms with Gasteiger partial charge in [0.25, 0.3) is 5.91 Å². The monoisotopic (exact) mass is 295 g/mol. The van der Waals surface area contributed by atoms with Crippen molar-refractivity contribution in [3.8, 4) is 5.75 Å². The third-order valence-electron chi connectivity index (χ3n) is 2.65. The second kappa shape index (κ2) is 5.51. The number of aromatic hydroxyl groups is 1. The Bertz CT molecular complexity index is 641. The maximum atomic E-state index is 12.1. The van der Waals surface area contributed by atoms with Crippen molar-refractivity contribution in [2.24, 2.45) is 0 Å². The van der Waals surface area contributed by atoms with Crippen LogP contribution >= 0.6 is 23.2 Å². The Labute approximate surface area is 120 Å². The van der Waals surface area contributed by atoms with E-state index in [9.17, 15) is 9.90 Å². The molecule has 5 heteroatoms. The van der Waals surface area contributed by atoms with Crippen LogP contribution in [-0.2, 0) is 0 Å². The summed E-state index contributed by atoms with van der Waals surface area (Å²) < 4.78 is 0. The number of halogens is 2. The summed E-state index contributed by atoms with van der Waals surface area (Å²) in [5.74, 6) is -0.563. The third kappa shape index (κ3) is 3.19. The molecule has 1 amide bonds. The summed E-state index contributed by atoms with van der Waals surface area (Å²) >= 11 is 11.7. The van der Waals surface area contributed by atoms with Gasteiger partial charge in [-0.25, -0.2) is 0 Å². The summed E-state index contributed by atoms with van der Waals surface area (Å²) in [6, 6.07) is 9.49. The lowest BCUT2D eigenvalue weighted by Gasteiger charge is -2.10. The second-order valence-corrected chi connectivity index (χ2v) is 4.95. The highest BCUT2D eigenvalue weighted by molar-refractivity contribution is 6.31. The molecular formula is C14H11Cl2NO2. The number of aryl methyl sites for hydroxylation is 1. The van der Waals surface area contributed by atoms with E-state index in [2.05, 4.69) is 5.32 Å². The van der Waals surface area contributed by atoms with E-state index in [0.717, 1.165) is 5.56 Å². The first-order valence-corrected chi connectivity index (χ1v) is 6.29. The number of carbonyl (C=O) groups excluding carboxylic acids is 1. The van der Waals surface area contributed by atoms with E-state index < -0.39 is 5.91 Å². The number of rotatable bonds is 2. The van der Waals surface area contributed by atoms with Crippen LogP contribution < -0.4 is 5.32 Å². The molecule has 0 bridgehead atoms. The molecule has 2 aromatic rings. The molecule has 3 nitrogen and oxygen atoms in total. The lowest BCUT2D eigenvalue weighted by atomic mass is 10.1. The highest BCUT2D eigenvalue weighted by Gasteiger charge is 2.13. The van der Waals surface area contributed by atoms with E-state index >= 15 is 0 Å². The molecule has 0 unspecified atom stereocenters. The number of anilines is 1. The number of hydrogen-bond donors (Lipinski definition) is 2. The molecule has 0 fully saturated rings. The predicted octanol–water partition coefficient (Wildman–Crippen LogP) is 4.26. The molecule has 2 rings (SSSR count). The summed E-state index contributed by atoms with van der Waals surface area (Å²) in [5, 5.41) is 13.3. The van der Waals surface area contributed by atoms with Gasteiger partial charge in [0.2, 0.25) is 0 Å². The molecular weight excluding hydrogens is 285 g/mol. The Balaban J connectivity index is 2.30. The van der Waals surface area contributed by atoms with Crippen LogP contribution in [0.15, 0.2) is 36.4 Å². The van der Waals surface area contributed by atoms with Crippen LogP contribution in [0.25, 0.3) is 0 Å². The van der Waals surface area contributed by atoms with Crippen molar-refractivity contribution in [3.05, 3.63) is 57.6 Å². The van der Waals surface area contributed by atoms with Crippen LogP contribution in [0.3, 0.4) is 0 Å². The fourth-order valence-electron chi connectivity index (χ4n) is 1.61. The summed E-state index contributed by atoms with van der Waals surface area (Å²) in [5.41, 5.74) is 1.59. The van der Waals surface area contributed by atoms with Crippen LogP contribution in [0.1, 0.15) is 15.9 Å². The van der Waals surface area contributed by atoms with Crippen molar-refractivity contribution in [3.63, 3.8) is 0 Å². The zero-order chi connectivity index (χ0) is 14.0. The molecule has 0 aliphatic heterocycles. The molecule has 19 heavy (non-hydrogen) atoms. The molecule has 0 aliphatic carbocycles. The van der Waals surface area contributed by atoms with Crippen molar-refractivity contribution in [1.29, 1.82) is 0 Å². The normalized spacial score (nSPS) is 10.3. The van der Waals surface area contributed by atoms with Gasteiger partial charge < -0.3 is 10.4 Å². The number of carbonyl (C=O) groups is 1. The maximum Gasteiger partial charge on any atom is 0.259 e. The lowest BCUT2D eigenvalue weighted by Crippen LogP contribution is -2.13. The summed E-state index contributed by atoms with van der Waals surface area (Å²) in [4.78, 5) is 12.1. The summed E-state index contributed by atoms with van der Waals surface area (Å²) in [6.07, 6.45) is 0. The lowest BCUT2D eigenvalue weighted by molar-refractivity contribution is 0.102. The van der Waals surface area contributed by atoms with Crippen molar-refractivity contribution < 1.29 is 9.90 Å². The van der Waals surface area contributed by atoms with E-state index in [-0.39, 0.29) is 11.3 Å². The number of nitrogens with one attached hydrogen (secondary N) is 1. The largest absolute Gasteiger partial charge is 0.507 e. The van der Waals surface area contributed by atoms with E-state index in [4.69, 9.17) is 23.2 Å². The number of amides is 1. The van der Waals surface area contributed by atoms with E-state index in [1.807, 2.05) is 6.92 Å². The Hall–Kier alpha value is -1.71. The molecule has 0 atom stereocenters.